The Bertz CT molecular complexity index is 408. The molecule has 0 saturated heterocycles. The molecule has 0 N–H and O–H groups in total. The highest BCUT2D eigenvalue weighted by molar-refractivity contribution is 14.1. The zero-order valence-electron chi connectivity index (χ0n) is 7.52. The maximum absolute atomic E-state index is 12.4. The fraction of sp³-hybridized carbons (Fsp3) is 0.250. The molecule has 0 aromatic carbocycles. The molecule has 0 aliphatic carbocycles. The zero-order valence-corrected chi connectivity index (χ0v) is 9.67. The molecule has 0 fully saturated rings. The zero-order chi connectivity index (χ0) is 12.3. The standard InChI is InChI=1S/C8H4F4INO2/c9-2-5-4(3-15)6(1-7(13)14-5)16-8(10,11)12/h1,3H,2H2. The molecule has 88 valence electrons. The molecule has 0 atom stereocenters. The minimum absolute atomic E-state index is 0.0824. The number of hydrogen-bond donors (Lipinski definition) is 0. The van der Waals surface area contributed by atoms with E-state index in [-0.39, 0.29) is 15.7 Å². The first kappa shape index (κ1) is 13.1. The van der Waals surface area contributed by atoms with Crippen molar-refractivity contribution in [1.29, 1.82) is 0 Å². The van der Waals surface area contributed by atoms with Crippen LogP contribution in [0.4, 0.5) is 17.6 Å². The smallest absolute Gasteiger partial charge is 0.405 e. The molecule has 3 nitrogen and oxygen atoms in total. The second kappa shape index (κ2) is 4.93. The van der Waals surface area contributed by atoms with E-state index in [1.807, 2.05) is 0 Å². The van der Waals surface area contributed by atoms with Crippen molar-refractivity contribution >= 4 is 28.9 Å². The van der Waals surface area contributed by atoms with Crippen LogP contribution in [0.15, 0.2) is 6.07 Å². The van der Waals surface area contributed by atoms with Crippen molar-refractivity contribution in [1.82, 2.24) is 4.98 Å². The second-order valence-corrected chi connectivity index (χ2v) is 3.71. The number of aromatic nitrogens is 1. The summed E-state index contributed by atoms with van der Waals surface area (Å²) in [5, 5.41) is 0. The van der Waals surface area contributed by atoms with Gasteiger partial charge in [0.1, 0.15) is 16.1 Å². The Morgan fingerprint density at radius 1 is 1.50 bits per heavy atom. The van der Waals surface area contributed by atoms with Gasteiger partial charge in [0.15, 0.2) is 6.29 Å². The first-order valence-electron chi connectivity index (χ1n) is 3.83. The molecule has 0 spiro atoms. The molecular formula is C8H4F4INO2. The van der Waals surface area contributed by atoms with Crippen LogP contribution in [-0.4, -0.2) is 17.6 Å². The summed E-state index contributed by atoms with van der Waals surface area (Å²) in [7, 11) is 0. The van der Waals surface area contributed by atoms with Crippen molar-refractivity contribution < 1.29 is 27.1 Å². The molecular weight excluding hydrogens is 345 g/mol. The summed E-state index contributed by atoms with van der Waals surface area (Å²) in [5.41, 5.74) is -0.901. The number of rotatable bonds is 3. The van der Waals surface area contributed by atoms with Crippen LogP contribution in [0.5, 0.6) is 5.75 Å². The molecule has 1 aromatic rings. The number of alkyl halides is 4. The van der Waals surface area contributed by atoms with Gasteiger partial charge in [-0.15, -0.1) is 13.2 Å². The third kappa shape index (κ3) is 3.29. The summed E-state index contributed by atoms with van der Waals surface area (Å²) in [6, 6.07) is 0.914. The Labute approximate surface area is 101 Å². The first-order valence-corrected chi connectivity index (χ1v) is 4.91. The van der Waals surface area contributed by atoms with Crippen molar-refractivity contribution in [2.45, 2.75) is 13.0 Å². The number of pyridine rings is 1. The van der Waals surface area contributed by atoms with Gasteiger partial charge in [-0.1, -0.05) is 0 Å². The van der Waals surface area contributed by atoms with Crippen molar-refractivity contribution in [2.24, 2.45) is 0 Å². The van der Waals surface area contributed by atoms with E-state index in [9.17, 15) is 22.4 Å². The van der Waals surface area contributed by atoms with Crippen molar-refractivity contribution in [3.8, 4) is 5.75 Å². The molecule has 0 unspecified atom stereocenters. The Balaban J connectivity index is 3.25. The minimum atomic E-state index is -4.93. The van der Waals surface area contributed by atoms with Crippen LogP contribution in [0.3, 0.4) is 0 Å². The normalized spacial score (nSPS) is 11.3. The molecule has 1 aromatic heterocycles. The molecule has 0 radical (unpaired) electrons. The van der Waals surface area contributed by atoms with E-state index in [1.54, 1.807) is 22.6 Å². The van der Waals surface area contributed by atoms with Crippen LogP contribution in [0.1, 0.15) is 16.1 Å². The average Bonchev–Trinajstić information content (AvgIpc) is 2.14. The fourth-order valence-electron chi connectivity index (χ4n) is 0.987. The lowest BCUT2D eigenvalue weighted by Gasteiger charge is -2.12. The summed E-state index contributed by atoms with van der Waals surface area (Å²) < 4.78 is 52.0. The molecule has 0 aliphatic rings. The number of aldehydes is 1. The predicted octanol–water partition coefficient (Wildman–Crippen LogP) is 2.87. The fourth-order valence-corrected chi connectivity index (χ4v) is 1.56. The highest BCUT2D eigenvalue weighted by Gasteiger charge is 2.33. The van der Waals surface area contributed by atoms with Crippen LogP contribution < -0.4 is 4.74 Å². The van der Waals surface area contributed by atoms with Gasteiger partial charge in [0.2, 0.25) is 0 Å². The summed E-state index contributed by atoms with van der Waals surface area (Å²) in [4.78, 5) is 14.1. The number of nitrogens with zero attached hydrogens (tertiary/aromatic N) is 1. The van der Waals surface area contributed by atoms with Crippen LogP contribution in [0.25, 0.3) is 0 Å². The van der Waals surface area contributed by atoms with Crippen molar-refractivity contribution in [3.63, 3.8) is 0 Å². The van der Waals surface area contributed by atoms with Gasteiger partial charge in [-0.05, 0) is 22.6 Å². The SMILES string of the molecule is O=Cc1c(OC(F)(F)F)cc(I)nc1CF. The van der Waals surface area contributed by atoms with Crippen LogP contribution in [0, 0.1) is 3.70 Å². The Kier molecular flexibility index (Phi) is 4.05. The number of carbonyl (C=O) groups excluding carboxylic acids is 1. The average molecular weight is 349 g/mol. The molecule has 8 heteroatoms. The van der Waals surface area contributed by atoms with Gasteiger partial charge in [-0.3, -0.25) is 4.79 Å². The molecule has 0 amide bonds. The van der Waals surface area contributed by atoms with E-state index in [2.05, 4.69) is 9.72 Å². The Morgan fingerprint density at radius 2 is 2.12 bits per heavy atom. The topological polar surface area (TPSA) is 39.2 Å². The Hall–Kier alpha value is -0.930. The summed E-state index contributed by atoms with van der Waals surface area (Å²) in [6.45, 7) is -1.14. The maximum atomic E-state index is 12.4. The van der Waals surface area contributed by atoms with Gasteiger partial charge in [0.05, 0.1) is 11.3 Å². The minimum Gasteiger partial charge on any atom is -0.405 e. The summed E-state index contributed by atoms with van der Waals surface area (Å²) in [5.74, 6) is -0.741. The van der Waals surface area contributed by atoms with Gasteiger partial charge in [-0.25, -0.2) is 9.37 Å². The number of carbonyl (C=O) groups is 1. The number of halogens is 5. The van der Waals surface area contributed by atoms with Crippen LogP contribution >= 0.6 is 22.6 Å². The highest BCUT2D eigenvalue weighted by Crippen LogP contribution is 2.28. The molecule has 1 heterocycles. The van der Waals surface area contributed by atoms with Gasteiger partial charge >= 0.3 is 6.36 Å². The van der Waals surface area contributed by atoms with Crippen molar-refractivity contribution in [2.75, 3.05) is 0 Å². The molecule has 16 heavy (non-hydrogen) atoms. The largest absolute Gasteiger partial charge is 0.573 e. The van der Waals surface area contributed by atoms with Crippen LogP contribution in [-0.2, 0) is 6.67 Å². The van der Waals surface area contributed by atoms with E-state index >= 15 is 0 Å². The van der Waals surface area contributed by atoms with E-state index in [0.717, 1.165) is 6.07 Å². The molecule has 1 rings (SSSR count). The van der Waals surface area contributed by atoms with Crippen molar-refractivity contribution in [3.05, 3.63) is 21.0 Å². The monoisotopic (exact) mass is 349 g/mol. The third-order valence-electron chi connectivity index (χ3n) is 1.54. The quantitative estimate of drug-likeness (QED) is 0.365. The molecule has 0 aliphatic heterocycles. The third-order valence-corrected chi connectivity index (χ3v) is 2.09. The molecule has 0 bridgehead atoms. The van der Waals surface area contributed by atoms with E-state index in [4.69, 9.17) is 0 Å². The van der Waals surface area contributed by atoms with E-state index < -0.39 is 24.3 Å². The highest BCUT2D eigenvalue weighted by atomic mass is 127. The molecule has 0 saturated carbocycles. The maximum Gasteiger partial charge on any atom is 0.573 e. The number of ether oxygens (including phenoxy) is 1. The van der Waals surface area contributed by atoms with Gasteiger partial charge in [0.25, 0.3) is 0 Å². The lowest BCUT2D eigenvalue weighted by molar-refractivity contribution is -0.274. The first-order chi connectivity index (χ1) is 7.37. The second-order valence-electron chi connectivity index (χ2n) is 2.60. The van der Waals surface area contributed by atoms with Gasteiger partial charge < -0.3 is 4.74 Å². The lowest BCUT2D eigenvalue weighted by atomic mass is 10.2. The Morgan fingerprint density at radius 3 is 2.56 bits per heavy atom. The summed E-state index contributed by atoms with van der Waals surface area (Å²) in [6.07, 6.45) is -4.85. The van der Waals surface area contributed by atoms with E-state index in [1.165, 1.54) is 0 Å². The summed E-state index contributed by atoms with van der Waals surface area (Å²) >= 11 is 1.60. The predicted molar refractivity (Wildman–Crippen MR) is 53.8 cm³/mol. The lowest BCUT2D eigenvalue weighted by Crippen LogP contribution is -2.19. The van der Waals surface area contributed by atoms with E-state index in [0.29, 0.717) is 0 Å². The van der Waals surface area contributed by atoms with Crippen LogP contribution in [0.2, 0.25) is 0 Å². The number of hydrogen-bond acceptors (Lipinski definition) is 3. The van der Waals surface area contributed by atoms with Gasteiger partial charge in [0, 0.05) is 6.07 Å². The van der Waals surface area contributed by atoms with Gasteiger partial charge in [-0.2, -0.15) is 0 Å².